The molecule has 0 saturated heterocycles. The number of thiazole rings is 1. The predicted octanol–water partition coefficient (Wildman–Crippen LogP) is 4.85. The molecule has 2 amide bonds. The first kappa shape index (κ1) is 21.8. The number of aromatic nitrogens is 2. The number of anilines is 2. The van der Waals surface area contributed by atoms with Gasteiger partial charge < -0.3 is 10.1 Å². The van der Waals surface area contributed by atoms with Crippen LogP contribution in [0.2, 0.25) is 0 Å². The highest BCUT2D eigenvalue weighted by molar-refractivity contribution is 7.15. The molecule has 1 N–H and O–H groups in total. The van der Waals surface area contributed by atoms with Crippen molar-refractivity contribution in [1.29, 1.82) is 0 Å². The zero-order chi connectivity index (χ0) is 23.7. The lowest BCUT2D eigenvalue weighted by Crippen LogP contribution is -2.43. The van der Waals surface area contributed by atoms with Crippen LogP contribution in [0.15, 0.2) is 66.9 Å². The molecule has 0 aliphatic carbocycles. The number of rotatable bonds is 5. The van der Waals surface area contributed by atoms with E-state index in [2.05, 4.69) is 10.3 Å². The van der Waals surface area contributed by atoms with E-state index in [9.17, 15) is 9.59 Å². The largest absolute Gasteiger partial charge is 0.482 e. The number of carbonyl (C=O) groups excluding carboxylic acids is 2. The summed E-state index contributed by atoms with van der Waals surface area (Å²) in [5.41, 5.74) is 4.76. The van der Waals surface area contributed by atoms with Crippen molar-refractivity contribution < 1.29 is 14.3 Å². The second kappa shape index (κ2) is 9.07. The Labute approximate surface area is 201 Å². The average molecular weight is 471 g/mol. The highest BCUT2D eigenvalue weighted by Gasteiger charge is 2.28. The zero-order valence-corrected chi connectivity index (χ0v) is 19.6. The van der Waals surface area contributed by atoms with Gasteiger partial charge in [-0.25, -0.2) is 4.98 Å². The monoisotopic (exact) mass is 470 g/mol. The Bertz CT molecular complexity index is 1380. The van der Waals surface area contributed by atoms with Crippen LogP contribution in [0.25, 0.3) is 22.0 Å². The molecule has 7 nitrogen and oxygen atoms in total. The number of aryl methyl sites for hydroxylation is 2. The number of amides is 2. The number of benzene rings is 2. The molecule has 34 heavy (non-hydrogen) atoms. The van der Waals surface area contributed by atoms with Crippen LogP contribution >= 0.6 is 11.3 Å². The van der Waals surface area contributed by atoms with Gasteiger partial charge in [0.15, 0.2) is 6.61 Å². The molecular weight excluding hydrogens is 448 g/mol. The Morgan fingerprint density at radius 1 is 1.12 bits per heavy atom. The highest BCUT2D eigenvalue weighted by Crippen LogP contribution is 2.39. The molecule has 170 valence electrons. The van der Waals surface area contributed by atoms with Crippen LogP contribution in [0.4, 0.5) is 11.4 Å². The molecule has 4 aromatic rings. The predicted molar refractivity (Wildman–Crippen MR) is 133 cm³/mol. The topological polar surface area (TPSA) is 84.4 Å². The van der Waals surface area contributed by atoms with Gasteiger partial charge in [0.25, 0.3) is 5.91 Å². The Hall–Kier alpha value is -4.04. The summed E-state index contributed by atoms with van der Waals surface area (Å²) in [5.74, 6) is 0.0113. The Morgan fingerprint density at radius 3 is 2.79 bits per heavy atom. The van der Waals surface area contributed by atoms with Gasteiger partial charge in [-0.3, -0.25) is 19.5 Å². The first-order valence-electron chi connectivity index (χ1n) is 10.8. The van der Waals surface area contributed by atoms with E-state index in [1.54, 1.807) is 17.5 Å². The maximum atomic E-state index is 12.8. The standard InChI is InChI=1S/C26H22N4O3S/c1-16-6-5-7-19(12-16)28-23(31)14-30-21-13-18(9-10-22(21)33-15-24(30)32)25-17(2)34-26(29-25)20-8-3-4-11-27-20/h3-13H,14-15H2,1-2H3,(H,28,31). The summed E-state index contributed by atoms with van der Waals surface area (Å²) in [6, 6.07) is 18.9. The summed E-state index contributed by atoms with van der Waals surface area (Å²) in [7, 11) is 0. The molecule has 0 saturated carbocycles. The van der Waals surface area contributed by atoms with Gasteiger partial charge in [-0.1, -0.05) is 18.2 Å². The summed E-state index contributed by atoms with van der Waals surface area (Å²) in [6.45, 7) is 3.75. The Kier molecular flexibility index (Phi) is 5.81. The minimum Gasteiger partial charge on any atom is -0.482 e. The highest BCUT2D eigenvalue weighted by atomic mass is 32.1. The van der Waals surface area contributed by atoms with Crippen molar-refractivity contribution in [2.24, 2.45) is 0 Å². The molecule has 1 aliphatic rings. The van der Waals surface area contributed by atoms with E-state index in [1.807, 2.05) is 74.5 Å². The third-order valence-corrected chi connectivity index (χ3v) is 6.45. The van der Waals surface area contributed by atoms with Gasteiger partial charge in [0.2, 0.25) is 5.91 Å². The first-order valence-corrected chi connectivity index (χ1v) is 11.6. The fourth-order valence-corrected chi connectivity index (χ4v) is 4.77. The quantitative estimate of drug-likeness (QED) is 0.451. The smallest absolute Gasteiger partial charge is 0.265 e. The lowest BCUT2D eigenvalue weighted by molar-refractivity contribution is -0.123. The molecule has 0 atom stereocenters. The van der Waals surface area contributed by atoms with E-state index in [0.29, 0.717) is 17.1 Å². The van der Waals surface area contributed by atoms with Crippen molar-refractivity contribution in [3.63, 3.8) is 0 Å². The van der Waals surface area contributed by atoms with Gasteiger partial charge in [0.05, 0.1) is 17.1 Å². The summed E-state index contributed by atoms with van der Waals surface area (Å²) in [4.78, 5) is 37.1. The minimum atomic E-state index is -0.278. The minimum absolute atomic E-state index is 0.108. The number of hydrogen-bond acceptors (Lipinski definition) is 6. The number of pyridine rings is 1. The average Bonchev–Trinajstić information content (AvgIpc) is 3.23. The number of fused-ring (bicyclic) bond motifs is 1. The van der Waals surface area contributed by atoms with E-state index in [1.165, 1.54) is 4.90 Å². The van der Waals surface area contributed by atoms with Crippen LogP contribution < -0.4 is 15.0 Å². The van der Waals surface area contributed by atoms with Gasteiger partial charge in [-0.15, -0.1) is 11.3 Å². The third kappa shape index (κ3) is 4.40. The fraction of sp³-hybridized carbons (Fsp3) is 0.154. The third-order valence-electron chi connectivity index (χ3n) is 5.46. The van der Waals surface area contributed by atoms with Crippen molar-refractivity contribution >= 4 is 34.5 Å². The molecular formula is C26H22N4O3S. The van der Waals surface area contributed by atoms with Crippen LogP contribution in [0.3, 0.4) is 0 Å². The van der Waals surface area contributed by atoms with E-state index in [-0.39, 0.29) is 25.0 Å². The summed E-state index contributed by atoms with van der Waals surface area (Å²) in [6.07, 6.45) is 1.74. The molecule has 0 spiro atoms. The Morgan fingerprint density at radius 2 is 2.00 bits per heavy atom. The molecule has 8 heteroatoms. The number of hydrogen-bond donors (Lipinski definition) is 1. The fourth-order valence-electron chi connectivity index (χ4n) is 3.85. The van der Waals surface area contributed by atoms with Gasteiger partial charge in [-0.2, -0.15) is 0 Å². The summed E-state index contributed by atoms with van der Waals surface area (Å²) in [5, 5.41) is 3.69. The molecule has 1 aliphatic heterocycles. The summed E-state index contributed by atoms with van der Waals surface area (Å²) >= 11 is 1.56. The second-order valence-electron chi connectivity index (χ2n) is 8.01. The van der Waals surface area contributed by atoms with Gasteiger partial charge in [0.1, 0.15) is 17.3 Å². The van der Waals surface area contributed by atoms with Crippen LogP contribution in [0, 0.1) is 13.8 Å². The first-order chi connectivity index (χ1) is 16.5. The van der Waals surface area contributed by atoms with Crippen LogP contribution in [-0.2, 0) is 9.59 Å². The number of nitrogens with one attached hydrogen (secondary N) is 1. The normalized spacial score (nSPS) is 12.8. The molecule has 0 bridgehead atoms. The van der Waals surface area contributed by atoms with Crippen molar-refractivity contribution in [1.82, 2.24) is 9.97 Å². The number of ether oxygens (including phenoxy) is 1. The summed E-state index contributed by atoms with van der Waals surface area (Å²) < 4.78 is 5.63. The Balaban J connectivity index is 1.43. The molecule has 3 heterocycles. The number of carbonyl (C=O) groups is 2. The SMILES string of the molecule is Cc1cccc(NC(=O)CN2C(=O)COc3ccc(-c4nc(-c5ccccn5)sc4C)cc32)c1. The van der Waals surface area contributed by atoms with Crippen molar-refractivity contribution in [3.8, 4) is 27.7 Å². The van der Waals surface area contributed by atoms with Gasteiger partial charge >= 0.3 is 0 Å². The van der Waals surface area contributed by atoms with E-state index in [0.717, 1.165) is 32.4 Å². The molecule has 0 radical (unpaired) electrons. The van der Waals surface area contributed by atoms with Gasteiger partial charge in [-0.05, 0) is 61.9 Å². The van der Waals surface area contributed by atoms with Crippen molar-refractivity contribution in [3.05, 3.63) is 77.3 Å². The van der Waals surface area contributed by atoms with Gasteiger partial charge in [0, 0.05) is 22.3 Å². The molecule has 5 rings (SSSR count). The van der Waals surface area contributed by atoms with Crippen LogP contribution in [0.1, 0.15) is 10.4 Å². The van der Waals surface area contributed by atoms with Crippen molar-refractivity contribution in [2.45, 2.75) is 13.8 Å². The lowest BCUT2D eigenvalue weighted by Gasteiger charge is -2.29. The van der Waals surface area contributed by atoms with Crippen molar-refractivity contribution in [2.75, 3.05) is 23.4 Å². The van der Waals surface area contributed by atoms with E-state index >= 15 is 0 Å². The molecule has 0 unspecified atom stereocenters. The van der Waals surface area contributed by atoms with E-state index in [4.69, 9.17) is 9.72 Å². The molecule has 0 fully saturated rings. The van der Waals surface area contributed by atoms with E-state index < -0.39 is 0 Å². The second-order valence-corrected chi connectivity index (χ2v) is 9.21. The molecule has 2 aromatic carbocycles. The maximum absolute atomic E-state index is 12.8. The lowest BCUT2D eigenvalue weighted by atomic mass is 10.1. The number of nitrogens with zero attached hydrogens (tertiary/aromatic N) is 3. The van der Waals surface area contributed by atoms with Crippen LogP contribution in [-0.4, -0.2) is 34.9 Å². The maximum Gasteiger partial charge on any atom is 0.265 e. The van der Waals surface area contributed by atoms with Crippen LogP contribution in [0.5, 0.6) is 5.75 Å². The zero-order valence-electron chi connectivity index (χ0n) is 18.7. The molecule has 2 aromatic heterocycles.